The van der Waals surface area contributed by atoms with Gasteiger partial charge in [0.2, 0.25) is 11.8 Å². The lowest BCUT2D eigenvalue weighted by molar-refractivity contribution is 0.0619. The normalized spacial score (nSPS) is 18.9. The van der Waals surface area contributed by atoms with E-state index in [1.807, 2.05) is 45.3 Å². The molecule has 3 aromatic heterocycles. The summed E-state index contributed by atoms with van der Waals surface area (Å²) in [5.74, 6) is 2.54. The van der Waals surface area contributed by atoms with Crippen LogP contribution in [-0.4, -0.2) is 78.8 Å². The lowest BCUT2D eigenvalue weighted by Gasteiger charge is -2.33. The van der Waals surface area contributed by atoms with Crippen molar-refractivity contribution >= 4 is 33.9 Å². The van der Waals surface area contributed by atoms with E-state index in [1.165, 1.54) is 0 Å². The van der Waals surface area contributed by atoms with Gasteiger partial charge in [0.25, 0.3) is 5.91 Å². The van der Waals surface area contributed by atoms with Crippen molar-refractivity contribution in [3.63, 3.8) is 0 Å². The van der Waals surface area contributed by atoms with Gasteiger partial charge in [-0.2, -0.15) is 9.97 Å². The highest BCUT2D eigenvalue weighted by Crippen LogP contribution is 2.29. The van der Waals surface area contributed by atoms with Crippen molar-refractivity contribution in [2.75, 3.05) is 37.7 Å². The molecule has 2 saturated heterocycles. The number of likely N-dealkylation sites (tertiary alicyclic amines) is 1. The molecule has 2 aliphatic rings. The monoisotopic (exact) mass is 488 g/mol. The first-order valence-corrected chi connectivity index (χ1v) is 12.9. The Morgan fingerprint density at radius 1 is 1.06 bits per heavy atom. The molecule has 188 valence electrons. The van der Waals surface area contributed by atoms with Crippen molar-refractivity contribution < 1.29 is 9.53 Å². The van der Waals surface area contributed by atoms with Crippen LogP contribution in [0.3, 0.4) is 0 Å². The van der Waals surface area contributed by atoms with Crippen LogP contribution in [0, 0.1) is 0 Å². The van der Waals surface area contributed by atoms with Crippen LogP contribution in [-0.2, 0) is 18.2 Å². The minimum absolute atomic E-state index is 0.0421. The predicted octanol–water partition coefficient (Wildman–Crippen LogP) is 3.12. The number of carbonyl (C=O) groups excluding carboxylic acids is 1. The quantitative estimate of drug-likeness (QED) is 0.436. The molecule has 0 unspecified atom stereocenters. The summed E-state index contributed by atoms with van der Waals surface area (Å²) in [7, 11) is 1.88. The first kappa shape index (κ1) is 22.9. The lowest BCUT2D eigenvalue weighted by Crippen LogP contribution is -2.43. The van der Waals surface area contributed by atoms with Crippen LogP contribution in [0.5, 0.6) is 0 Å². The summed E-state index contributed by atoms with van der Waals surface area (Å²) in [6.45, 7) is 7.63. The zero-order valence-electron chi connectivity index (χ0n) is 21.1. The third-order valence-corrected chi connectivity index (χ3v) is 7.40. The molecule has 10 nitrogen and oxygen atoms in total. The van der Waals surface area contributed by atoms with Gasteiger partial charge in [-0.05, 0) is 38.3 Å². The van der Waals surface area contributed by atoms with Crippen LogP contribution in [0.1, 0.15) is 49.6 Å². The SMILES string of the molecule is CCc1nc2ccccc2n1-c1nc(N2CCOCC2)c2nc(C(=O)N3CCCC[C@H]3C)n(C)c2n1. The number of aromatic nitrogens is 6. The minimum Gasteiger partial charge on any atom is -0.378 e. The van der Waals surface area contributed by atoms with Gasteiger partial charge in [0, 0.05) is 39.1 Å². The number of piperidine rings is 1. The summed E-state index contributed by atoms with van der Waals surface area (Å²) in [6, 6.07) is 8.24. The number of carbonyl (C=O) groups is 1. The number of rotatable bonds is 4. The number of morpholine rings is 1. The molecule has 5 heterocycles. The first-order valence-electron chi connectivity index (χ1n) is 12.9. The van der Waals surface area contributed by atoms with Gasteiger partial charge in [-0.1, -0.05) is 19.1 Å². The Labute approximate surface area is 209 Å². The fourth-order valence-corrected chi connectivity index (χ4v) is 5.39. The van der Waals surface area contributed by atoms with Crippen LogP contribution >= 0.6 is 0 Å². The third kappa shape index (κ3) is 3.71. The maximum atomic E-state index is 13.6. The van der Waals surface area contributed by atoms with Gasteiger partial charge < -0.3 is 19.1 Å². The second-order valence-corrected chi connectivity index (χ2v) is 9.66. The van der Waals surface area contributed by atoms with E-state index in [4.69, 9.17) is 24.7 Å². The van der Waals surface area contributed by atoms with Gasteiger partial charge in [-0.25, -0.2) is 9.97 Å². The van der Waals surface area contributed by atoms with Crippen LogP contribution in [0.4, 0.5) is 5.82 Å². The molecule has 0 aliphatic carbocycles. The lowest BCUT2D eigenvalue weighted by atomic mass is 10.0. The fraction of sp³-hybridized carbons (Fsp3) is 0.500. The Hall–Kier alpha value is -3.53. The van der Waals surface area contributed by atoms with E-state index in [0.29, 0.717) is 49.2 Å². The Balaban J connectivity index is 1.55. The number of nitrogens with zero attached hydrogens (tertiary/aromatic N) is 8. The van der Waals surface area contributed by atoms with Crippen molar-refractivity contribution in [2.24, 2.45) is 7.05 Å². The molecule has 0 radical (unpaired) electrons. The Kier molecular flexibility index (Phi) is 5.83. The number of fused-ring (bicyclic) bond motifs is 2. The van der Waals surface area contributed by atoms with Crippen LogP contribution < -0.4 is 4.90 Å². The molecular formula is C26H32N8O2. The number of hydrogen-bond donors (Lipinski definition) is 0. The smallest absolute Gasteiger partial charge is 0.290 e. The minimum atomic E-state index is -0.0421. The standard InChI is InChI=1S/C26H32N8O2/c1-4-20-27-18-10-5-6-11-19(18)34(20)26-29-22-21(23(30-26)32-13-15-36-16-14-32)28-24(31(22)3)25(35)33-12-8-7-9-17(33)2/h5-6,10-11,17H,4,7-9,12-16H2,1-3H3/t17-/m1/s1. The molecule has 0 saturated carbocycles. The van der Waals surface area contributed by atoms with Crippen molar-refractivity contribution in [3.05, 3.63) is 35.9 Å². The second kappa shape index (κ2) is 9.16. The van der Waals surface area contributed by atoms with Crippen LogP contribution in [0.25, 0.3) is 28.1 Å². The number of aryl methyl sites for hydroxylation is 2. The van der Waals surface area contributed by atoms with E-state index in [-0.39, 0.29) is 11.9 Å². The topological polar surface area (TPSA) is 94.2 Å². The molecule has 1 aromatic carbocycles. The van der Waals surface area contributed by atoms with Gasteiger partial charge in [0.15, 0.2) is 17.0 Å². The van der Waals surface area contributed by atoms with E-state index >= 15 is 0 Å². The number of imidazole rings is 2. The zero-order chi connectivity index (χ0) is 24.8. The molecule has 6 rings (SSSR count). The first-order chi connectivity index (χ1) is 17.6. The highest BCUT2D eigenvalue weighted by atomic mass is 16.5. The van der Waals surface area contributed by atoms with Gasteiger partial charge in [0.1, 0.15) is 5.82 Å². The Morgan fingerprint density at radius 3 is 2.64 bits per heavy atom. The fourth-order valence-electron chi connectivity index (χ4n) is 5.39. The van der Waals surface area contributed by atoms with Gasteiger partial charge in [-0.15, -0.1) is 0 Å². The van der Waals surface area contributed by atoms with Crippen molar-refractivity contribution in [2.45, 2.75) is 45.6 Å². The van der Waals surface area contributed by atoms with Crippen molar-refractivity contribution in [3.8, 4) is 5.95 Å². The number of anilines is 1. The van der Waals surface area contributed by atoms with Gasteiger partial charge in [0.05, 0.1) is 24.2 Å². The average Bonchev–Trinajstić information content (AvgIpc) is 3.46. The molecule has 4 aromatic rings. The Morgan fingerprint density at radius 2 is 1.86 bits per heavy atom. The summed E-state index contributed by atoms with van der Waals surface area (Å²) < 4.78 is 9.46. The third-order valence-electron chi connectivity index (χ3n) is 7.40. The molecule has 2 aliphatic heterocycles. The average molecular weight is 489 g/mol. The second-order valence-electron chi connectivity index (χ2n) is 9.66. The number of para-hydroxylation sites is 2. The predicted molar refractivity (Wildman–Crippen MR) is 138 cm³/mol. The molecule has 36 heavy (non-hydrogen) atoms. The van der Waals surface area contributed by atoms with Crippen LogP contribution in [0.15, 0.2) is 24.3 Å². The number of hydrogen-bond acceptors (Lipinski definition) is 7. The molecule has 0 bridgehead atoms. The van der Waals surface area contributed by atoms with Gasteiger partial charge >= 0.3 is 0 Å². The highest BCUT2D eigenvalue weighted by molar-refractivity contribution is 5.97. The van der Waals surface area contributed by atoms with Crippen molar-refractivity contribution in [1.29, 1.82) is 0 Å². The molecular weight excluding hydrogens is 456 g/mol. The number of amides is 1. The highest BCUT2D eigenvalue weighted by Gasteiger charge is 2.30. The molecule has 1 atom stereocenters. The summed E-state index contributed by atoms with van der Waals surface area (Å²) in [5, 5.41) is 0. The van der Waals surface area contributed by atoms with E-state index in [1.54, 1.807) is 0 Å². The number of benzene rings is 1. The molecule has 0 spiro atoms. The largest absolute Gasteiger partial charge is 0.378 e. The summed E-state index contributed by atoms with van der Waals surface area (Å²) in [6.07, 6.45) is 3.94. The molecule has 10 heteroatoms. The molecule has 2 fully saturated rings. The summed E-state index contributed by atoms with van der Waals surface area (Å²) in [5.41, 5.74) is 3.17. The maximum absolute atomic E-state index is 13.6. The van der Waals surface area contributed by atoms with Crippen LogP contribution in [0.2, 0.25) is 0 Å². The van der Waals surface area contributed by atoms with E-state index in [2.05, 4.69) is 18.7 Å². The maximum Gasteiger partial charge on any atom is 0.290 e. The molecule has 0 N–H and O–H groups in total. The summed E-state index contributed by atoms with van der Waals surface area (Å²) >= 11 is 0. The van der Waals surface area contributed by atoms with E-state index < -0.39 is 0 Å². The Bertz CT molecular complexity index is 1440. The van der Waals surface area contributed by atoms with E-state index in [9.17, 15) is 4.79 Å². The summed E-state index contributed by atoms with van der Waals surface area (Å²) in [4.78, 5) is 37.5. The zero-order valence-corrected chi connectivity index (χ0v) is 21.1. The van der Waals surface area contributed by atoms with Crippen molar-refractivity contribution in [1.82, 2.24) is 34.0 Å². The number of ether oxygens (including phenoxy) is 1. The van der Waals surface area contributed by atoms with E-state index in [0.717, 1.165) is 54.9 Å². The molecule has 1 amide bonds. The van der Waals surface area contributed by atoms with Gasteiger partial charge in [-0.3, -0.25) is 9.36 Å².